The number of anilines is 1. The lowest BCUT2D eigenvalue weighted by Gasteiger charge is -2.31. The third kappa shape index (κ3) is 2.79. The number of ether oxygens (including phenoxy) is 1. The number of piperidine rings is 1. The van der Waals surface area contributed by atoms with E-state index in [1.165, 1.54) is 19.3 Å². The predicted octanol–water partition coefficient (Wildman–Crippen LogP) is 3.78. The number of aromatic nitrogens is 1. The maximum Gasteiger partial charge on any atom is 0.309 e. The fourth-order valence-electron chi connectivity index (χ4n) is 4.88. The highest BCUT2D eigenvalue weighted by atomic mass is 16.5. The van der Waals surface area contributed by atoms with Crippen molar-refractivity contribution in [3.8, 4) is 0 Å². The van der Waals surface area contributed by atoms with Crippen molar-refractivity contribution in [1.29, 1.82) is 0 Å². The number of hydrogen-bond acceptors (Lipinski definition) is 5. The average molecular weight is 340 g/mol. The number of carbonyl (C=O) groups is 1. The third-order valence-electron chi connectivity index (χ3n) is 6.32. The number of nitrogens with zero attached hydrogens (tertiary/aromatic N) is 2. The van der Waals surface area contributed by atoms with Gasteiger partial charge in [-0.1, -0.05) is 12.1 Å². The summed E-state index contributed by atoms with van der Waals surface area (Å²) in [5.74, 6) is 1.49. The van der Waals surface area contributed by atoms with Gasteiger partial charge in [-0.25, -0.2) is 0 Å². The van der Waals surface area contributed by atoms with Crippen LogP contribution in [0.3, 0.4) is 0 Å². The zero-order valence-corrected chi connectivity index (χ0v) is 14.4. The molecular weight excluding hydrogens is 316 g/mol. The Morgan fingerprint density at radius 2 is 1.96 bits per heavy atom. The lowest BCUT2D eigenvalue weighted by atomic mass is 9.95. The molecule has 3 fully saturated rings. The van der Waals surface area contributed by atoms with Gasteiger partial charge in [0.15, 0.2) is 5.58 Å². The van der Waals surface area contributed by atoms with Gasteiger partial charge >= 0.3 is 5.97 Å². The smallest absolute Gasteiger partial charge is 0.309 e. The maximum absolute atomic E-state index is 12.5. The molecule has 3 atom stereocenters. The third-order valence-corrected chi connectivity index (χ3v) is 6.32. The van der Waals surface area contributed by atoms with E-state index in [1.807, 2.05) is 24.3 Å². The Bertz CT molecular complexity index is 745. The van der Waals surface area contributed by atoms with Gasteiger partial charge in [0, 0.05) is 13.1 Å². The summed E-state index contributed by atoms with van der Waals surface area (Å²) in [4.78, 5) is 19.2. The lowest BCUT2D eigenvalue weighted by molar-refractivity contribution is -0.157. The molecular formula is C20H24N2O3. The second kappa shape index (κ2) is 6.04. The minimum Gasteiger partial charge on any atom is -0.462 e. The molecule has 1 aromatic heterocycles. The van der Waals surface area contributed by atoms with Crippen LogP contribution in [0.15, 0.2) is 28.7 Å². The molecule has 0 spiro atoms. The van der Waals surface area contributed by atoms with Crippen molar-refractivity contribution in [2.24, 2.45) is 17.8 Å². The summed E-state index contributed by atoms with van der Waals surface area (Å²) in [5.41, 5.74) is 1.70. The standard InChI is InChI=1S/C20H24N2O3/c23-19(24-18-12-13-5-6-15(18)11-13)14-7-9-22(10-8-14)20-21-16-3-1-2-4-17(16)25-20/h1-4,13-15,18H,5-12H2. The molecule has 3 aliphatic rings. The van der Waals surface area contributed by atoms with E-state index >= 15 is 0 Å². The molecule has 0 amide bonds. The Hall–Kier alpha value is -2.04. The van der Waals surface area contributed by atoms with Gasteiger partial charge in [-0.3, -0.25) is 4.79 Å². The Kier molecular flexibility index (Phi) is 3.68. The van der Waals surface area contributed by atoms with E-state index in [-0.39, 0.29) is 18.0 Å². The highest BCUT2D eigenvalue weighted by molar-refractivity contribution is 5.75. The molecule has 5 rings (SSSR count). The maximum atomic E-state index is 12.5. The second-order valence-corrected chi connectivity index (χ2v) is 7.88. The fraction of sp³-hybridized carbons (Fsp3) is 0.600. The number of fused-ring (bicyclic) bond motifs is 3. The molecule has 5 heteroatoms. The average Bonchev–Trinajstić information content (AvgIpc) is 3.36. The van der Waals surface area contributed by atoms with Crippen molar-refractivity contribution in [3.05, 3.63) is 24.3 Å². The van der Waals surface area contributed by atoms with E-state index in [2.05, 4.69) is 9.88 Å². The minimum absolute atomic E-state index is 0.0229. The van der Waals surface area contributed by atoms with Crippen LogP contribution < -0.4 is 4.90 Å². The molecule has 0 N–H and O–H groups in total. The van der Waals surface area contributed by atoms with Crippen LogP contribution in [0.2, 0.25) is 0 Å². The molecule has 1 saturated heterocycles. The zero-order chi connectivity index (χ0) is 16.8. The molecule has 132 valence electrons. The van der Waals surface area contributed by atoms with Crippen molar-refractivity contribution in [2.75, 3.05) is 18.0 Å². The monoisotopic (exact) mass is 340 g/mol. The molecule has 2 heterocycles. The quantitative estimate of drug-likeness (QED) is 0.796. The summed E-state index contributed by atoms with van der Waals surface area (Å²) in [6, 6.07) is 8.48. The molecule has 25 heavy (non-hydrogen) atoms. The molecule has 2 aromatic rings. The summed E-state index contributed by atoms with van der Waals surface area (Å²) in [6.07, 6.45) is 6.78. The first-order chi connectivity index (χ1) is 12.3. The first kappa shape index (κ1) is 15.2. The van der Waals surface area contributed by atoms with Crippen molar-refractivity contribution in [2.45, 2.75) is 44.6 Å². The fourth-order valence-corrected chi connectivity index (χ4v) is 4.88. The molecule has 0 radical (unpaired) electrons. The molecule has 1 aliphatic heterocycles. The molecule has 2 aliphatic carbocycles. The number of rotatable bonds is 3. The van der Waals surface area contributed by atoms with Crippen molar-refractivity contribution in [3.63, 3.8) is 0 Å². The summed E-state index contributed by atoms with van der Waals surface area (Å²) in [6.45, 7) is 1.59. The predicted molar refractivity (Wildman–Crippen MR) is 94.3 cm³/mol. The molecule has 5 nitrogen and oxygen atoms in total. The van der Waals surface area contributed by atoms with Crippen LogP contribution >= 0.6 is 0 Å². The van der Waals surface area contributed by atoms with Gasteiger partial charge in [0.2, 0.25) is 0 Å². The van der Waals surface area contributed by atoms with Gasteiger partial charge in [0.1, 0.15) is 11.6 Å². The van der Waals surface area contributed by atoms with Gasteiger partial charge in [-0.05, 0) is 62.5 Å². The summed E-state index contributed by atoms with van der Waals surface area (Å²) < 4.78 is 11.7. The Morgan fingerprint density at radius 1 is 1.12 bits per heavy atom. The molecule has 2 saturated carbocycles. The van der Waals surface area contributed by atoms with Crippen LogP contribution in [0.25, 0.3) is 11.1 Å². The summed E-state index contributed by atoms with van der Waals surface area (Å²) in [7, 11) is 0. The first-order valence-electron chi connectivity index (χ1n) is 9.57. The number of carbonyl (C=O) groups excluding carboxylic acids is 1. The van der Waals surface area contributed by atoms with Gasteiger partial charge in [0.05, 0.1) is 5.92 Å². The molecule has 1 aromatic carbocycles. The Morgan fingerprint density at radius 3 is 2.68 bits per heavy atom. The van der Waals surface area contributed by atoms with Crippen LogP contribution in [-0.4, -0.2) is 30.1 Å². The van der Waals surface area contributed by atoms with Gasteiger partial charge in [-0.15, -0.1) is 0 Å². The van der Waals surface area contributed by atoms with Crippen LogP contribution in [0, 0.1) is 17.8 Å². The van der Waals surface area contributed by atoms with Gasteiger partial charge in [0.25, 0.3) is 6.01 Å². The molecule has 3 unspecified atom stereocenters. The van der Waals surface area contributed by atoms with E-state index in [9.17, 15) is 4.79 Å². The minimum atomic E-state index is 0.0229. The van der Waals surface area contributed by atoms with Crippen molar-refractivity contribution >= 4 is 23.1 Å². The van der Waals surface area contributed by atoms with E-state index in [0.29, 0.717) is 11.9 Å². The zero-order valence-electron chi connectivity index (χ0n) is 14.4. The summed E-state index contributed by atoms with van der Waals surface area (Å²) in [5, 5.41) is 0. The topological polar surface area (TPSA) is 55.6 Å². The second-order valence-electron chi connectivity index (χ2n) is 7.88. The number of para-hydroxylation sites is 2. The van der Waals surface area contributed by atoms with E-state index in [0.717, 1.165) is 49.4 Å². The van der Waals surface area contributed by atoms with E-state index < -0.39 is 0 Å². The van der Waals surface area contributed by atoms with E-state index in [4.69, 9.17) is 9.15 Å². The highest BCUT2D eigenvalue weighted by Crippen LogP contribution is 2.46. The normalized spacial score (nSPS) is 29.4. The Labute approximate surface area is 147 Å². The van der Waals surface area contributed by atoms with Crippen LogP contribution in [-0.2, 0) is 9.53 Å². The number of hydrogen-bond donors (Lipinski definition) is 0. The van der Waals surface area contributed by atoms with Crippen LogP contribution in [0.4, 0.5) is 6.01 Å². The first-order valence-corrected chi connectivity index (χ1v) is 9.57. The van der Waals surface area contributed by atoms with Crippen molar-refractivity contribution < 1.29 is 13.9 Å². The Balaban J connectivity index is 1.18. The molecule has 2 bridgehead atoms. The van der Waals surface area contributed by atoms with Crippen LogP contribution in [0.1, 0.15) is 38.5 Å². The van der Waals surface area contributed by atoms with Gasteiger partial charge in [-0.2, -0.15) is 4.98 Å². The largest absolute Gasteiger partial charge is 0.462 e. The summed E-state index contributed by atoms with van der Waals surface area (Å²) >= 11 is 0. The SMILES string of the molecule is O=C(OC1CC2CCC1C2)C1CCN(c2nc3ccccc3o2)CC1. The number of benzene rings is 1. The van der Waals surface area contributed by atoms with E-state index in [1.54, 1.807) is 0 Å². The number of esters is 1. The highest BCUT2D eigenvalue weighted by Gasteiger charge is 2.42. The van der Waals surface area contributed by atoms with Gasteiger partial charge < -0.3 is 14.1 Å². The lowest BCUT2D eigenvalue weighted by Crippen LogP contribution is -2.38. The van der Waals surface area contributed by atoms with Crippen molar-refractivity contribution in [1.82, 2.24) is 4.98 Å². The number of oxazole rings is 1. The van der Waals surface area contributed by atoms with Crippen LogP contribution in [0.5, 0.6) is 0 Å².